The van der Waals surface area contributed by atoms with Crippen molar-refractivity contribution in [3.63, 3.8) is 0 Å². The first-order valence-corrected chi connectivity index (χ1v) is 5.37. The lowest BCUT2D eigenvalue weighted by Gasteiger charge is -2.03. The lowest BCUT2D eigenvalue weighted by molar-refractivity contribution is -0.151. The summed E-state index contributed by atoms with van der Waals surface area (Å²) in [4.78, 5) is 10.4. The normalized spacial score (nSPS) is 26.0. The fraction of sp³-hybridized carbons (Fsp3) is 0.545. The van der Waals surface area contributed by atoms with Gasteiger partial charge in [0.2, 0.25) is 6.29 Å². The molecule has 1 fully saturated rings. The van der Waals surface area contributed by atoms with Crippen LogP contribution in [0.2, 0.25) is 0 Å². The molecule has 2 aliphatic heterocycles. The zero-order chi connectivity index (χ0) is 12.7. The monoisotopic (exact) mass is 240 g/mol. The van der Waals surface area contributed by atoms with Crippen LogP contribution in [-0.2, 0) is 9.53 Å². The molecule has 0 aromatic rings. The highest BCUT2D eigenvalue weighted by Crippen LogP contribution is 2.08. The van der Waals surface area contributed by atoms with E-state index < -0.39 is 12.3 Å². The summed E-state index contributed by atoms with van der Waals surface area (Å²) in [5.41, 5.74) is 0.122. The molecule has 0 radical (unpaired) electrons. The van der Waals surface area contributed by atoms with Gasteiger partial charge in [0.1, 0.15) is 6.11 Å². The Labute approximate surface area is 99.7 Å². The van der Waals surface area contributed by atoms with Gasteiger partial charge in [-0.2, -0.15) is 0 Å². The van der Waals surface area contributed by atoms with Gasteiger partial charge in [-0.1, -0.05) is 0 Å². The number of hydrogen-bond donors (Lipinski definition) is 4. The number of cyclic esters (lactones) is 1. The van der Waals surface area contributed by atoms with Gasteiger partial charge in [-0.25, -0.2) is 4.79 Å². The number of carbonyl (C=O) groups is 1. The highest BCUT2D eigenvalue weighted by molar-refractivity contribution is 5.85. The summed E-state index contributed by atoms with van der Waals surface area (Å²) in [6.07, 6.45) is 4.05. The summed E-state index contributed by atoms with van der Waals surface area (Å²) in [6, 6.07) is 2.83. The molecule has 2 aliphatic rings. The molecule has 1 saturated heterocycles. The third-order valence-electron chi connectivity index (χ3n) is 2.34. The fourth-order valence-electron chi connectivity index (χ4n) is 1.46. The van der Waals surface area contributed by atoms with Gasteiger partial charge in [0.15, 0.2) is 0 Å². The Morgan fingerprint density at radius 2 is 2.41 bits per heavy atom. The second-order valence-electron chi connectivity index (χ2n) is 3.75. The molecule has 2 rings (SSSR count). The first-order valence-electron chi connectivity index (χ1n) is 5.37. The highest BCUT2D eigenvalue weighted by Gasteiger charge is 2.22. The second-order valence-corrected chi connectivity index (χ2v) is 3.75. The Morgan fingerprint density at radius 1 is 1.65 bits per heavy atom. The van der Waals surface area contributed by atoms with E-state index in [0.717, 1.165) is 12.1 Å². The maximum Gasteiger partial charge on any atom is 0.335 e. The van der Waals surface area contributed by atoms with Gasteiger partial charge in [0, 0.05) is 12.1 Å². The van der Waals surface area contributed by atoms with Crippen molar-refractivity contribution in [1.29, 1.82) is 0 Å². The Balaban J connectivity index is 0.000000202. The first-order chi connectivity index (χ1) is 8.13. The zero-order valence-electron chi connectivity index (χ0n) is 9.56. The van der Waals surface area contributed by atoms with Crippen LogP contribution in [0.4, 0.5) is 0 Å². The van der Waals surface area contributed by atoms with Crippen molar-refractivity contribution >= 4 is 5.97 Å². The van der Waals surface area contributed by atoms with E-state index in [-0.39, 0.29) is 5.70 Å². The van der Waals surface area contributed by atoms with Crippen molar-refractivity contribution in [2.24, 2.45) is 0 Å². The molecule has 0 aromatic heterocycles. The number of hydrogen-bond acceptors (Lipinski definition) is 6. The molecule has 4 N–H and O–H groups in total. The van der Waals surface area contributed by atoms with E-state index in [9.17, 15) is 4.79 Å². The SMILES string of the molecule is C[C@@H]1CCCN1.O=C1C=C(NC#CO)C(O)O1. The maximum atomic E-state index is 10.4. The molecule has 17 heavy (non-hydrogen) atoms. The molecule has 94 valence electrons. The van der Waals surface area contributed by atoms with Gasteiger partial charge >= 0.3 is 5.97 Å². The maximum absolute atomic E-state index is 10.4. The van der Waals surface area contributed by atoms with Crippen LogP contribution in [0.5, 0.6) is 0 Å². The van der Waals surface area contributed by atoms with Crippen molar-refractivity contribution in [3.05, 3.63) is 11.8 Å². The summed E-state index contributed by atoms with van der Waals surface area (Å²) in [7, 11) is 0. The molecule has 0 saturated carbocycles. The number of aliphatic hydroxyl groups is 2. The molecular formula is C11H16N2O4. The van der Waals surface area contributed by atoms with E-state index in [2.05, 4.69) is 22.3 Å². The van der Waals surface area contributed by atoms with Crippen LogP contribution in [0.15, 0.2) is 11.8 Å². The third kappa shape index (κ3) is 4.76. The summed E-state index contributed by atoms with van der Waals surface area (Å²) < 4.78 is 4.28. The molecule has 6 nitrogen and oxygen atoms in total. The van der Waals surface area contributed by atoms with Crippen molar-refractivity contribution in [2.45, 2.75) is 32.1 Å². The van der Waals surface area contributed by atoms with Gasteiger partial charge in [0.25, 0.3) is 0 Å². The summed E-state index contributed by atoms with van der Waals surface area (Å²) in [5, 5.41) is 22.5. The summed E-state index contributed by atoms with van der Waals surface area (Å²) in [5.74, 6) is -0.639. The first kappa shape index (κ1) is 13.4. The quantitative estimate of drug-likeness (QED) is 0.277. The van der Waals surface area contributed by atoms with Crippen LogP contribution in [-0.4, -0.2) is 35.1 Å². The number of rotatable bonds is 1. The molecule has 2 atom stereocenters. The number of carbonyl (C=O) groups excluding carboxylic acids is 1. The van der Waals surface area contributed by atoms with Crippen molar-refractivity contribution in [2.75, 3.05) is 6.54 Å². The minimum atomic E-state index is -1.30. The van der Waals surface area contributed by atoms with Crippen molar-refractivity contribution in [1.82, 2.24) is 10.6 Å². The Bertz CT molecular complexity index is 350. The molecule has 0 aromatic carbocycles. The molecular weight excluding hydrogens is 224 g/mol. The van der Waals surface area contributed by atoms with Crippen molar-refractivity contribution < 1.29 is 19.7 Å². The number of nitrogens with one attached hydrogen (secondary N) is 2. The van der Waals surface area contributed by atoms with E-state index in [4.69, 9.17) is 10.2 Å². The predicted molar refractivity (Wildman–Crippen MR) is 59.7 cm³/mol. The van der Waals surface area contributed by atoms with Gasteiger partial charge in [0.05, 0.1) is 11.7 Å². The van der Waals surface area contributed by atoms with Crippen LogP contribution in [0.1, 0.15) is 19.8 Å². The van der Waals surface area contributed by atoms with Crippen LogP contribution < -0.4 is 10.6 Å². The molecule has 0 aliphatic carbocycles. The second kappa shape index (κ2) is 6.78. The van der Waals surface area contributed by atoms with E-state index in [0.29, 0.717) is 0 Å². The number of esters is 1. The topological polar surface area (TPSA) is 90.8 Å². The van der Waals surface area contributed by atoms with Gasteiger partial charge in [-0.05, 0) is 26.3 Å². The van der Waals surface area contributed by atoms with E-state index >= 15 is 0 Å². The number of ether oxygens (including phenoxy) is 1. The molecule has 1 unspecified atom stereocenters. The molecule has 6 heteroatoms. The van der Waals surface area contributed by atoms with E-state index in [1.54, 1.807) is 6.11 Å². The minimum Gasteiger partial charge on any atom is -0.461 e. The summed E-state index contributed by atoms with van der Waals surface area (Å²) in [6.45, 7) is 3.47. The van der Waals surface area contributed by atoms with Gasteiger partial charge in [-0.3, -0.25) is 0 Å². The van der Waals surface area contributed by atoms with E-state index in [1.807, 2.05) is 6.04 Å². The zero-order valence-corrected chi connectivity index (χ0v) is 9.56. The molecule has 0 amide bonds. The smallest absolute Gasteiger partial charge is 0.335 e. The van der Waals surface area contributed by atoms with Crippen LogP contribution in [0.25, 0.3) is 0 Å². The standard InChI is InChI=1S/C6H5NO4.C5H11N/c8-2-1-7-4-3-5(9)11-6(4)10;1-5-3-2-4-6-5/h3,6-8,10H;5-6H,2-4H2,1H3/t;5-/m.1/s1. The number of aliphatic hydroxyl groups excluding tert-OH is 2. The third-order valence-corrected chi connectivity index (χ3v) is 2.34. The predicted octanol–water partition coefficient (Wildman–Crippen LogP) is -0.616. The fourth-order valence-corrected chi connectivity index (χ4v) is 1.46. The highest BCUT2D eigenvalue weighted by atomic mass is 16.6. The Hall–Kier alpha value is -1.71. The minimum absolute atomic E-state index is 0.122. The van der Waals surface area contributed by atoms with Crippen LogP contribution >= 0.6 is 0 Å². The van der Waals surface area contributed by atoms with Gasteiger partial charge in [-0.15, -0.1) is 0 Å². The molecule has 2 heterocycles. The summed E-state index contributed by atoms with van der Waals surface area (Å²) >= 11 is 0. The average Bonchev–Trinajstić information content (AvgIpc) is 2.86. The van der Waals surface area contributed by atoms with E-state index in [1.165, 1.54) is 19.4 Å². The molecule has 0 bridgehead atoms. The largest absolute Gasteiger partial charge is 0.461 e. The van der Waals surface area contributed by atoms with Gasteiger partial charge < -0.3 is 25.6 Å². The average molecular weight is 240 g/mol. The van der Waals surface area contributed by atoms with Crippen LogP contribution in [0, 0.1) is 12.2 Å². The Morgan fingerprint density at radius 3 is 2.76 bits per heavy atom. The lowest BCUT2D eigenvalue weighted by atomic mass is 10.3. The molecule has 0 spiro atoms. The lowest BCUT2D eigenvalue weighted by Crippen LogP contribution is -2.18. The van der Waals surface area contributed by atoms with Crippen molar-refractivity contribution in [3.8, 4) is 12.2 Å². The van der Waals surface area contributed by atoms with Crippen LogP contribution in [0.3, 0.4) is 0 Å². The Kier molecular flexibility index (Phi) is 5.33.